The molecule has 2 nitrogen and oxygen atoms in total. The number of hydrogen-bond donors (Lipinski definition) is 2. The Balaban J connectivity index is 1.95. The van der Waals surface area contributed by atoms with Crippen molar-refractivity contribution in [3.05, 3.63) is 0 Å². The minimum absolute atomic E-state index is 0.352. The van der Waals surface area contributed by atoms with Gasteiger partial charge in [0, 0.05) is 6.54 Å². The van der Waals surface area contributed by atoms with E-state index < -0.39 is 0 Å². The van der Waals surface area contributed by atoms with Crippen molar-refractivity contribution < 1.29 is 5.11 Å². The van der Waals surface area contributed by atoms with E-state index >= 15 is 0 Å². The molecular weight excluding hydrogens is 186 g/mol. The second kappa shape index (κ2) is 4.84. The van der Waals surface area contributed by atoms with E-state index in [9.17, 15) is 5.11 Å². The van der Waals surface area contributed by atoms with Crippen molar-refractivity contribution in [3.8, 4) is 0 Å². The number of nitrogens with one attached hydrogen (secondary N) is 1. The predicted molar refractivity (Wildman–Crippen MR) is 62.8 cm³/mol. The van der Waals surface area contributed by atoms with E-state index in [4.69, 9.17) is 0 Å². The van der Waals surface area contributed by atoms with E-state index in [0.717, 1.165) is 38.3 Å². The van der Waals surface area contributed by atoms with Gasteiger partial charge in [-0.05, 0) is 37.6 Å². The van der Waals surface area contributed by atoms with E-state index in [0.29, 0.717) is 5.92 Å². The SMILES string of the molecule is CCC1CNCCC1(O)CC1CCCC1. The van der Waals surface area contributed by atoms with Gasteiger partial charge in [-0.2, -0.15) is 0 Å². The van der Waals surface area contributed by atoms with Crippen LogP contribution in [0.5, 0.6) is 0 Å². The molecule has 15 heavy (non-hydrogen) atoms. The second-order valence-electron chi connectivity index (χ2n) is 5.52. The Bertz CT molecular complexity index is 201. The van der Waals surface area contributed by atoms with Crippen molar-refractivity contribution in [2.45, 2.75) is 57.5 Å². The smallest absolute Gasteiger partial charge is 0.0702 e. The molecule has 2 rings (SSSR count). The maximum Gasteiger partial charge on any atom is 0.0702 e. The van der Waals surface area contributed by atoms with Crippen LogP contribution in [0, 0.1) is 11.8 Å². The lowest BCUT2D eigenvalue weighted by Gasteiger charge is -2.41. The molecule has 2 heteroatoms. The van der Waals surface area contributed by atoms with Crippen molar-refractivity contribution in [3.63, 3.8) is 0 Å². The van der Waals surface area contributed by atoms with Crippen LogP contribution in [-0.4, -0.2) is 23.8 Å². The Labute approximate surface area is 93.5 Å². The van der Waals surface area contributed by atoms with Crippen LogP contribution in [0.1, 0.15) is 51.9 Å². The zero-order valence-corrected chi connectivity index (χ0v) is 9.97. The fourth-order valence-electron chi connectivity index (χ4n) is 3.48. The number of rotatable bonds is 3. The third-order valence-electron chi connectivity index (χ3n) is 4.50. The van der Waals surface area contributed by atoms with E-state index in [1.165, 1.54) is 25.7 Å². The molecule has 1 aliphatic heterocycles. The molecule has 1 heterocycles. The van der Waals surface area contributed by atoms with Crippen molar-refractivity contribution in [1.82, 2.24) is 5.32 Å². The number of piperidine rings is 1. The Morgan fingerprint density at radius 2 is 2.07 bits per heavy atom. The third-order valence-corrected chi connectivity index (χ3v) is 4.50. The Kier molecular flexibility index (Phi) is 3.68. The quantitative estimate of drug-likeness (QED) is 0.751. The highest BCUT2D eigenvalue weighted by Gasteiger charge is 2.39. The topological polar surface area (TPSA) is 32.3 Å². The first kappa shape index (κ1) is 11.4. The summed E-state index contributed by atoms with van der Waals surface area (Å²) in [5, 5.41) is 14.2. The molecule has 0 amide bonds. The van der Waals surface area contributed by atoms with Crippen LogP contribution in [0.3, 0.4) is 0 Å². The maximum atomic E-state index is 10.8. The fraction of sp³-hybridized carbons (Fsp3) is 1.00. The first-order valence-electron chi connectivity index (χ1n) is 6.67. The summed E-state index contributed by atoms with van der Waals surface area (Å²) >= 11 is 0. The van der Waals surface area contributed by atoms with Crippen molar-refractivity contribution in [2.75, 3.05) is 13.1 Å². The Morgan fingerprint density at radius 1 is 1.33 bits per heavy atom. The molecule has 0 aromatic rings. The van der Waals surface area contributed by atoms with Crippen molar-refractivity contribution >= 4 is 0 Å². The first-order valence-corrected chi connectivity index (χ1v) is 6.67. The number of hydrogen-bond acceptors (Lipinski definition) is 2. The van der Waals surface area contributed by atoms with Crippen LogP contribution in [-0.2, 0) is 0 Å². The number of aliphatic hydroxyl groups is 1. The van der Waals surface area contributed by atoms with Crippen molar-refractivity contribution in [2.24, 2.45) is 11.8 Å². The normalized spacial score (nSPS) is 38.4. The molecular formula is C13H25NO. The van der Waals surface area contributed by atoms with Crippen LogP contribution >= 0.6 is 0 Å². The van der Waals surface area contributed by atoms with Gasteiger partial charge in [0.05, 0.1) is 5.60 Å². The van der Waals surface area contributed by atoms with Crippen LogP contribution < -0.4 is 5.32 Å². The summed E-state index contributed by atoms with van der Waals surface area (Å²) in [6.45, 7) is 4.22. The minimum Gasteiger partial charge on any atom is -0.389 e. The molecule has 1 aliphatic carbocycles. The molecule has 0 aromatic heterocycles. The standard InChI is InChI=1S/C13H25NO/c1-2-12-10-14-8-7-13(12,15)9-11-5-3-4-6-11/h11-12,14-15H,2-10H2,1H3. The summed E-state index contributed by atoms with van der Waals surface area (Å²) in [6, 6.07) is 0. The van der Waals surface area contributed by atoms with Gasteiger partial charge in [-0.25, -0.2) is 0 Å². The molecule has 2 fully saturated rings. The average molecular weight is 211 g/mol. The lowest BCUT2D eigenvalue weighted by atomic mass is 9.74. The monoisotopic (exact) mass is 211 g/mol. The Morgan fingerprint density at radius 3 is 2.73 bits per heavy atom. The molecule has 1 saturated heterocycles. The molecule has 0 aromatic carbocycles. The third kappa shape index (κ3) is 2.54. The molecule has 2 atom stereocenters. The maximum absolute atomic E-state index is 10.8. The van der Waals surface area contributed by atoms with Gasteiger partial charge in [-0.3, -0.25) is 0 Å². The zero-order valence-electron chi connectivity index (χ0n) is 9.97. The summed E-state index contributed by atoms with van der Waals surface area (Å²) in [6.07, 6.45) is 8.61. The molecule has 2 N–H and O–H groups in total. The summed E-state index contributed by atoms with van der Waals surface area (Å²) in [4.78, 5) is 0. The molecule has 0 spiro atoms. The van der Waals surface area contributed by atoms with Crippen LogP contribution in [0.2, 0.25) is 0 Å². The van der Waals surface area contributed by atoms with E-state index in [-0.39, 0.29) is 5.60 Å². The van der Waals surface area contributed by atoms with Crippen LogP contribution in [0.15, 0.2) is 0 Å². The second-order valence-corrected chi connectivity index (χ2v) is 5.52. The fourth-order valence-corrected chi connectivity index (χ4v) is 3.48. The summed E-state index contributed by atoms with van der Waals surface area (Å²) in [5.41, 5.74) is -0.352. The predicted octanol–water partition coefficient (Wildman–Crippen LogP) is 2.32. The summed E-state index contributed by atoms with van der Waals surface area (Å²) in [5.74, 6) is 1.29. The van der Waals surface area contributed by atoms with Gasteiger partial charge in [-0.1, -0.05) is 32.6 Å². The average Bonchev–Trinajstić information content (AvgIpc) is 2.70. The Hall–Kier alpha value is -0.0800. The van der Waals surface area contributed by atoms with E-state index in [1.807, 2.05) is 0 Å². The highest BCUT2D eigenvalue weighted by molar-refractivity contribution is 4.93. The van der Waals surface area contributed by atoms with Crippen molar-refractivity contribution in [1.29, 1.82) is 0 Å². The minimum atomic E-state index is -0.352. The zero-order chi connectivity index (χ0) is 10.7. The van der Waals surface area contributed by atoms with Gasteiger partial charge in [0.1, 0.15) is 0 Å². The van der Waals surface area contributed by atoms with Gasteiger partial charge >= 0.3 is 0 Å². The summed E-state index contributed by atoms with van der Waals surface area (Å²) in [7, 11) is 0. The molecule has 88 valence electrons. The summed E-state index contributed by atoms with van der Waals surface area (Å²) < 4.78 is 0. The van der Waals surface area contributed by atoms with E-state index in [1.54, 1.807) is 0 Å². The highest BCUT2D eigenvalue weighted by atomic mass is 16.3. The lowest BCUT2D eigenvalue weighted by Crippen LogP contribution is -2.50. The molecule has 1 saturated carbocycles. The molecule has 2 unspecified atom stereocenters. The largest absolute Gasteiger partial charge is 0.389 e. The molecule has 2 aliphatic rings. The van der Waals surface area contributed by atoms with Gasteiger partial charge < -0.3 is 10.4 Å². The van der Waals surface area contributed by atoms with E-state index in [2.05, 4.69) is 12.2 Å². The van der Waals surface area contributed by atoms with Gasteiger partial charge in [-0.15, -0.1) is 0 Å². The van der Waals surface area contributed by atoms with Gasteiger partial charge in [0.15, 0.2) is 0 Å². The van der Waals surface area contributed by atoms with Crippen LogP contribution in [0.25, 0.3) is 0 Å². The molecule has 0 bridgehead atoms. The molecule has 0 radical (unpaired) electrons. The van der Waals surface area contributed by atoms with Gasteiger partial charge in [0.2, 0.25) is 0 Å². The first-order chi connectivity index (χ1) is 7.24. The van der Waals surface area contributed by atoms with Crippen LogP contribution in [0.4, 0.5) is 0 Å². The van der Waals surface area contributed by atoms with Gasteiger partial charge in [0.25, 0.3) is 0 Å². The highest BCUT2D eigenvalue weighted by Crippen LogP contribution is 2.38. The lowest BCUT2D eigenvalue weighted by molar-refractivity contribution is -0.0597.